The van der Waals surface area contributed by atoms with Gasteiger partial charge >= 0.3 is 0 Å². The Morgan fingerprint density at radius 3 is 2.37 bits per heavy atom. The Kier molecular flexibility index (Phi) is 8.68. The van der Waals surface area contributed by atoms with Gasteiger partial charge in [-0.25, -0.2) is 4.39 Å². The fourth-order valence-corrected chi connectivity index (χ4v) is 2.51. The van der Waals surface area contributed by atoms with Gasteiger partial charge < -0.3 is 16.4 Å². The van der Waals surface area contributed by atoms with Crippen molar-refractivity contribution in [2.75, 3.05) is 13.6 Å². The maximum absolute atomic E-state index is 13.5. The summed E-state index contributed by atoms with van der Waals surface area (Å²) < 4.78 is 13.5. The van der Waals surface area contributed by atoms with Gasteiger partial charge in [0.1, 0.15) is 5.82 Å². The van der Waals surface area contributed by atoms with Gasteiger partial charge in [-0.2, -0.15) is 0 Å². The van der Waals surface area contributed by atoms with Crippen LogP contribution in [0.2, 0.25) is 0 Å². The van der Waals surface area contributed by atoms with Crippen LogP contribution in [-0.2, 0) is 12.0 Å². The Bertz CT molecular complexity index is 791. The van der Waals surface area contributed by atoms with Crippen LogP contribution < -0.4 is 16.4 Å². The van der Waals surface area contributed by atoms with Gasteiger partial charge in [0.2, 0.25) is 5.91 Å². The van der Waals surface area contributed by atoms with E-state index < -0.39 is 5.91 Å². The molecular formula is C20H26FIN4O. The van der Waals surface area contributed by atoms with Gasteiger partial charge in [-0.1, -0.05) is 38.1 Å². The molecule has 0 aliphatic heterocycles. The van der Waals surface area contributed by atoms with E-state index in [0.29, 0.717) is 24.6 Å². The van der Waals surface area contributed by atoms with Gasteiger partial charge in [0.05, 0.1) is 0 Å². The first-order valence-electron chi connectivity index (χ1n) is 8.41. The SMILES string of the molecule is CN=C(NCc1ccc(C(N)=O)cc1)NCC(C)(C)c1cccc(F)c1.I. The quantitative estimate of drug-likeness (QED) is 0.335. The molecule has 2 aromatic carbocycles. The van der Waals surface area contributed by atoms with Crippen molar-refractivity contribution >= 4 is 35.8 Å². The van der Waals surface area contributed by atoms with Crippen LogP contribution in [0.1, 0.15) is 35.3 Å². The largest absolute Gasteiger partial charge is 0.366 e. The molecule has 5 nitrogen and oxygen atoms in total. The second-order valence-electron chi connectivity index (χ2n) is 6.73. The highest BCUT2D eigenvalue weighted by Crippen LogP contribution is 2.22. The lowest BCUT2D eigenvalue weighted by Gasteiger charge is -2.27. The molecule has 2 rings (SSSR count). The number of amides is 1. The number of hydrogen-bond donors (Lipinski definition) is 3. The standard InChI is InChI=1S/C20H25FN4O.HI/c1-20(2,16-5-4-6-17(21)11-16)13-25-19(23-3)24-12-14-7-9-15(10-8-14)18(22)26;/h4-11H,12-13H2,1-3H3,(H2,22,26)(H2,23,24,25);1H. The number of carbonyl (C=O) groups excluding carboxylic acids is 1. The van der Waals surface area contributed by atoms with E-state index >= 15 is 0 Å². The molecule has 0 radical (unpaired) electrons. The Balaban J connectivity index is 0.00000364. The maximum Gasteiger partial charge on any atom is 0.248 e. The molecule has 0 fully saturated rings. The molecule has 0 unspecified atom stereocenters. The number of nitrogens with two attached hydrogens (primary N) is 1. The molecule has 0 saturated heterocycles. The summed E-state index contributed by atoms with van der Waals surface area (Å²) in [7, 11) is 1.70. The average molecular weight is 484 g/mol. The Labute approximate surface area is 176 Å². The predicted molar refractivity (Wildman–Crippen MR) is 118 cm³/mol. The summed E-state index contributed by atoms with van der Waals surface area (Å²) in [4.78, 5) is 15.3. The minimum atomic E-state index is -0.443. The number of nitrogens with zero attached hydrogens (tertiary/aromatic N) is 1. The van der Waals surface area contributed by atoms with E-state index in [2.05, 4.69) is 15.6 Å². The van der Waals surface area contributed by atoms with Crippen LogP contribution in [0, 0.1) is 5.82 Å². The van der Waals surface area contributed by atoms with E-state index in [9.17, 15) is 9.18 Å². The molecule has 1 amide bonds. The molecule has 0 heterocycles. The lowest BCUT2D eigenvalue weighted by atomic mass is 9.84. The van der Waals surface area contributed by atoms with Gasteiger partial charge in [-0.05, 0) is 35.4 Å². The molecule has 146 valence electrons. The van der Waals surface area contributed by atoms with E-state index in [1.807, 2.05) is 32.0 Å². The normalized spacial score (nSPS) is 11.5. The summed E-state index contributed by atoms with van der Waals surface area (Å²) in [6.45, 7) is 5.24. The predicted octanol–water partition coefficient (Wildman–Crippen LogP) is 3.19. The van der Waals surface area contributed by atoms with Gasteiger partial charge in [-0.3, -0.25) is 9.79 Å². The first-order chi connectivity index (χ1) is 12.3. The Hall–Kier alpha value is -2.16. The van der Waals surface area contributed by atoms with E-state index in [1.165, 1.54) is 6.07 Å². The molecular weight excluding hydrogens is 458 g/mol. The Morgan fingerprint density at radius 1 is 1.15 bits per heavy atom. The van der Waals surface area contributed by atoms with Gasteiger partial charge in [-0.15, -0.1) is 24.0 Å². The number of aliphatic imine (C=N–C) groups is 1. The van der Waals surface area contributed by atoms with Crippen LogP contribution in [0.25, 0.3) is 0 Å². The number of primary amides is 1. The van der Waals surface area contributed by atoms with Crippen LogP contribution in [0.3, 0.4) is 0 Å². The van der Waals surface area contributed by atoms with Crippen molar-refractivity contribution in [2.45, 2.75) is 25.8 Å². The van der Waals surface area contributed by atoms with E-state index in [-0.39, 0.29) is 35.2 Å². The molecule has 27 heavy (non-hydrogen) atoms. The minimum Gasteiger partial charge on any atom is -0.366 e. The number of nitrogens with one attached hydrogen (secondary N) is 2. The van der Waals surface area contributed by atoms with Gasteiger partial charge in [0.25, 0.3) is 0 Å². The first kappa shape index (κ1) is 22.9. The molecule has 4 N–H and O–H groups in total. The summed E-state index contributed by atoms with van der Waals surface area (Å²) in [5, 5.41) is 6.49. The zero-order valence-corrected chi connectivity index (χ0v) is 18.1. The summed E-state index contributed by atoms with van der Waals surface area (Å²) in [5.74, 6) is -0.0347. The van der Waals surface area contributed by atoms with Crippen LogP contribution in [-0.4, -0.2) is 25.5 Å². The van der Waals surface area contributed by atoms with Gasteiger partial charge in [0.15, 0.2) is 5.96 Å². The van der Waals surface area contributed by atoms with Crippen LogP contribution >= 0.6 is 24.0 Å². The van der Waals surface area contributed by atoms with Crippen molar-refractivity contribution in [1.82, 2.24) is 10.6 Å². The molecule has 7 heteroatoms. The number of rotatable bonds is 6. The number of halogens is 2. The highest BCUT2D eigenvalue weighted by molar-refractivity contribution is 14.0. The van der Waals surface area contributed by atoms with E-state index in [0.717, 1.165) is 11.1 Å². The second-order valence-corrected chi connectivity index (χ2v) is 6.73. The first-order valence-corrected chi connectivity index (χ1v) is 8.41. The van der Waals surface area contributed by atoms with Crippen LogP contribution in [0.5, 0.6) is 0 Å². The molecule has 0 spiro atoms. The van der Waals surface area contributed by atoms with E-state index in [4.69, 9.17) is 5.73 Å². The lowest BCUT2D eigenvalue weighted by molar-refractivity contribution is 0.100. The average Bonchev–Trinajstić information content (AvgIpc) is 2.62. The van der Waals surface area contributed by atoms with Crippen LogP contribution in [0.4, 0.5) is 4.39 Å². The molecule has 0 saturated carbocycles. The molecule has 0 atom stereocenters. The van der Waals surface area contributed by atoms with Crippen molar-refractivity contribution in [2.24, 2.45) is 10.7 Å². The highest BCUT2D eigenvalue weighted by atomic mass is 127. The van der Waals surface area contributed by atoms with Crippen LogP contribution in [0.15, 0.2) is 53.5 Å². The molecule has 0 aromatic heterocycles. The van der Waals surface area contributed by atoms with Crippen molar-refractivity contribution in [3.8, 4) is 0 Å². The van der Waals surface area contributed by atoms with Gasteiger partial charge in [0, 0.05) is 31.1 Å². The zero-order chi connectivity index (χ0) is 19.2. The third kappa shape index (κ3) is 6.82. The maximum atomic E-state index is 13.5. The molecule has 0 aliphatic rings. The molecule has 0 bridgehead atoms. The van der Waals surface area contributed by atoms with Crippen molar-refractivity contribution in [3.05, 3.63) is 71.0 Å². The topological polar surface area (TPSA) is 79.5 Å². The Morgan fingerprint density at radius 2 is 1.81 bits per heavy atom. The zero-order valence-electron chi connectivity index (χ0n) is 15.8. The highest BCUT2D eigenvalue weighted by Gasteiger charge is 2.21. The van der Waals surface area contributed by atoms with E-state index in [1.54, 1.807) is 31.3 Å². The molecule has 0 aliphatic carbocycles. The third-order valence-electron chi connectivity index (χ3n) is 4.23. The number of guanidine groups is 1. The monoisotopic (exact) mass is 484 g/mol. The van der Waals surface area contributed by atoms with Crippen molar-refractivity contribution in [1.29, 1.82) is 0 Å². The molecule has 2 aromatic rings. The fourth-order valence-electron chi connectivity index (χ4n) is 2.51. The second kappa shape index (κ2) is 10.2. The smallest absolute Gasteiger partial charge is 0.248 e. The number of carbonyl (C=O) groups is 1. The third-order valence-corrected chi connectivity index (χ3v) is 4.23. The summed E-state index contributed by atoms with van der Waals surface area (Å²) in [6.07, 6.45) is 0. The number of benzene rings is 2. The summed E-state index contributed by atoms with van der Waals surface area (Å²) in [6, 6.07) is 13.7. The van der Waals surface area contributed by atoms with Crippen molar-refractivity contribution < 1.29 is 9.18 Å². The van der Waals surface area contributed by atoms with Crippen molar-refractivity contribution in [3.63, 3.8) is 0 Å². The fraction of sp³-hybridized carbons (Fsp3) is 0.300. The minimum absolute atomic E-state index is 0. The summed E-state index contributed by atoms with van der Waals surface area (Å²) in [5.41, 5.74) is 7.38. The lowest BCUT2D eigenvalue weighted by Crippen LogP contribution is -2.43. The summed E-state index contributed by atoms with van der Waals surface area (Å²) >= 11 is 0. The number of hydrogen-bond acceptors (Lipinski definition) is 2.